The molecular formula is C16H23N3OS. The zero-order valence-corrected chi connectivity index (χ0v) is 14.1. The van der Waals surface area contributed by atoms with Gasteiger partial charge < -0.3 is 5.32 Å². The first-order valence-corrected chi connectivity index (χ1v) is 8.55. The van der Waals surface area contributed by atoms with Crippen LogP contribution in [-0.4, -0.2) is 15.1 Å². The minimum atomic E-state index is -0.110. The average molecular weight is 305 g/mol. The van der Waals surface area contributed by atoms with Crippen molar-refractivity contribution in [1.82, 2.24) is 9.55 Å². The molecule has 1 N–H and O–H groups in total. The maximum Gasteiger partial charge on any atom is 0.263 e. The Hall–Kier alpha value is -1.36. The summed E-state index contributed by atoms with van der Waals surface area (Å²) in [7, 11) is 0. The first-order valence-electron chi connectivity index (χ1n) is 7.74. The lowest BCUT2D eigenvalue weighted by Gasteiger charge is -2.23. The topological polar surface area (TPSA) is 46.9 Å². The van der Waals surface area contributed by atoms with Gasteiger partial charge in [0, 0.05) is 17.0 Å². The van der Waals surface area contributed by atoms with Crippen molar-refractivity contribution in [3.63, 3.8) is 0 Å². The van der Waals surface area contributed by atoms with Crippen LogP contribution in [0.1, 0.15) is 51.0 Å². The highest BCUT2D eigenvalue weighted by Crippen LogP contribution is 2.34. The van der Waals surface area contributed by atoms with Crippen LogP contribution in [0.4, 0.5) is 5.95 Å². The van der Waals surface area contributed by atoms with E-state index in [9.17, 15) is 4.79 Å². The van der Waals surface area contributed by atoms with Crippen molar-refractivity contribution in [2.45, 2.75) is 65.5 Å². The second kappa shape index (κ2) is 5.13. The van der Waals surface area contributed by atoms with Crippen LogP contribution in [0.15, 0.2) is 4.79 Å². The van der Waals surface area contributed by atoms with Crippen LogP contribution in [0.5, 0.6) is 0 Å². The van der Waals surface area contributed by atoms with Crippen molar-refractivity contribution >= 4 is 27.5 Å². The fourth-order valence-electron chi connectivity index (χ4n) is 2.96. The molecule has 4 nitrogen and oxygen atoms in total. The number of nitrogens with zero attached hydrogens (tertiary/aromatic N) is 2. The summed E-state index contributed by atoms with van der Waals surface area (Å²) in [6.45, 7) is 8.90. The van der Waals surface area contributed by atoms with E-state index in [0.29, 0.717) is 12.5 Å². The number of nitrogens with one attached hydrogen (secondary N) is 1. The van der Waals surface area contributed by atoms with Crippen molar-refractivity contribution < 1.29 is 0 Å². The summed E-state index contributed by atoms with van der Waals surface area (Å²) < 4.78 is 1.77. The number of anilines is 1. The molecule has 0 fully saturated rings. The Morgan fingerprint density at radius 2 is 2.00 bits per heavy atom. The molecule has 2 aromatic rings. The monoisotopic (exact) mass is 305 g/mol. The van der Waals surface area contributed by atoms with Gasteiger partial charge in [-0.2, -0.15) is 0 Å². The van der Waals surface area contributed by atoms with Crippen molar-refractivity contribution in [3.8, 4) is 0 Å². The summed E-state index contributed by atoms with van der Waals surface area (Å²) in [4.78, 5) is 19.9. The van der Waals surface area contributed by atoms with Gasteiger partial charge in [0.2, 0.25) is 5.95 Å². The van der Waals surface area contributed by atoms with Gasteiger partial charge in [-0.3, -0.25) is 9.36 Å². The lowest BCUT2D eigenvalue weighted by atomic mass is 9.97. The molecule has 21 heavy (non-hydrogen) atoms. The molecule has 0 amide bonds. The van der Waals surface area contributed by atoms with E-state index in [1.165, 1.54) is 23.3 Å². The molecule has 1 aliphatic carbocycles. The molecule has 0 saturated carbocycles. The van der Waals surface area contributed by atoms with Gasteiger partial charge in [-0.15, -0.1) is 11.3 Å². The minimum absolute atomic E-state index is 0.110. The highest BCUT2D eigenvalue weighted by Gasteiger charge is 2.22. The smallest absolute Gasteiger partial charge is 0.263 e. The number of rotatable bonds is 2. The van der Waals surface area contributed by atoms with Gasteiger partial charge in [-0.25, -0.2) is 4.98 Å². The third kappa shape index (κ3) is 2.59. The predicted octanol–water partition coefficient (Wildman–Crippen LogP) is 3.57. The normalized spacial score (nSPS) is 15.2. The van der Waals surface area contributed by atoms with Crippen molar-refractivity contribution in [1.29, 1.82) is 0 Å². The van der Waals surface area contributed by atoms with Gasteiger partial charge in [0.25, 0.3) is 5.56 Å². The van der Waals surface area contributed by atoms with Crippen molar-refractivity contribution in [2.24, 2.45) is 0 Å². The number of aromatic nitrogens is 2. The minimum Gasteiger partial charge on any atom is -0.351 e. The number of fused-ring (bicyclic) bond motifs is 3. The quantitative estimate of drug-likeness (QED) is 0.922. The van der Waals surface area contributed by atoms with Gasteiger partial charge in [0.1, 0.15) is 4.83 Å². The lowest BCUT2D eigenvalue weighted by Crippen LogP contribution is -2.32. The third-order valence-corrected chi connectivity index (χ3v) is 5.06. The Morgan fingerprint density at radius 3 is 2.67 bits per heavy atom. The van der Waals surface area contributed by atoms with Crippen LogP contribution in [-0.2, 0) is 19.4 Å². The summed E-state index contributed by atoms with van der Waals surface area (Å²) >= 11 is 1.71. The standard InChI is InChI=1S/C16H23N3OS/c1-5-19-14(20)12-10-8-6-7-9-11(10)21-13(12)17-15(19)18-16(2,3)4/h5-9H2,1-4H3,(H,17,18). The van der Waals surface area contributed by atoms with Crippen LogP contribution in [0.2, 0.25) is 0 Å². The molecule has 0 aromatic carbocycles. The first kappa shape index (κ1) is 14.6. The second-order valence-corrected chi connectivity index (χ2v) is 7.83. The molecule has 114 valence electrons. The largest absolute Gasteiger partial charge is 0.351 e. The Kier molecular flexibility index (Phi) is 3.56. The van der Waals surface area contributed by atoms with E-state index >= 15 is 0 Å². The lowest BCUT2D eigenvalue weighted by molar-refractivity contribution is 0.605. The maximum absolute atomic E-state index is 12.9. The van der Waals surface area contributed by atoms with Crippen LogP contribution < -0.4 is 10.9 Å². The van der Waals surface area contributed by atoms with E-state index in [4.69, 9.17) is 4.98 Å². The summed E-state index contributed by atoms with van der Waals surface area (Å²) in [5.74, 6) is 0.695. The van der Waals surface area contributed by atoms with Crippen molar-refractivity contribution in [3.05, 3.63) is 20.8 Å². The zero-order chi connectivity index (χ0) is 15.2. The Morgan fingerprint density at radius 1 is 1.29 bits per heavy atom. The molecular weight excluding hydrogens is 282 g/mol. The van der Waals surface area contributed by atoms with Crippen LogP contribution in [0, 0.1) is 0 Å². The van der Waals surface area contributed by atoms with E-state index < -0.39 is 0 Å². The van der Waals surface area contributed by atoms with Gasteiger partial charge >= 0.3 is 0 Å². The molecule has 0 spiro atoms. The van der Waals surface area contributed by atoms with Gasteiger partial charge in [0.05, 0.1) is 5.39 Å². The number of thiophene rings is 1. The summed E-state index contributed by atoms with van der Waals surface area (Å²) in [5.41, 5.74) is 1.28. The van der Waals surface area contributed by atoms with E-state index in [-0.39, 0.29) is 11.1 Å². The SMILES string of the molecule is CCn1c(NC(C)(C)C)nc2sc3c(c2c1=O)CCCC3. The fourth-order valence-corrected chi connectivity index (χ4v) is 4.21. The molecule has 5 heteroatoms. The highest BCUT2D eigenvalue weighted by atomic mass is 32.1. The number of aryl methyl sites for hydroxylation is 2. The van der Waals surface area contributed by atoms with E-state index in [0.717, 1.165) is 23.1 Å². The summed E-state index contributed by atoms with van der Waals surface area (Å²) in [6, 6.07) is 0. The maximum atomic E-state index is 12.9. The Bertz CT molecular complexity index is 737. The van der Waals surface area contributed by atoms with Crippen molar-refractivity contribution in [2.75, 3.05) is 5.32 Å². The Labute approximate surface area is 129 Å². The molecule has 0 radical (unpaired) electrons. The molecule has 1 aliphatic rings. The third-order valence-electron chi connectivity index (χ3n) is 3.88. The fraction of sp³-hybridized carbons (Fsp3) is 0.625. The van der Waals surface area contributed by atoms with E-state index in [1.807, 2.05) is 6.92 Å². The summed E-state index contributed by atoms with van der Waals surface area (Å²) in [5, 5.41) is 4.24. The van der Waals surface area contributed by atoms with Gasteiger partial charge in [-0.1, -0.05) is 0 Å². The van der Waals surface area contributed by atoms with E-state index in [2.05, 4.69) is 26.1 Å². The summed E-state index contributed by atoms with van der Waals surface area (Å²) in [6.07, 6.45) is 4.55. The second-order valence-electron chi connectivity index (χ2n) is 6.75. The van der Waals surface area contributed by atoms with Crippen LogP contribution >= 0.6 is 11.3 Å². The molecule has 0 aliphatic heterocycles. The molecule has 0 unspecified atom stereocenters. The molecule has 2 heterocycles. The molecule has 2 aromatic heterocycles. The molecule has 0 atom stereocenters. The molecule has 0 bridgehead atoms. The predicted molar refractivity (Wildman–Crippen MR) is 89.6 cm³/mol. The number of hydrogen-bond donors (Lipinski definition) is 1. The highest BCUT2D eigenvalue weighted by molar-refractivity contribution is 7.18. The first-order chi connectivity index (χ1) is 9.90. The van der Waals surface area contributed by atoms with Gasteiger partial charge in [0.15, 0.2) is 0 Å². The van der Waals surface area contributed by atoms with Gasteiger partial charge in [-0.05, 0) is 58.9 Å². The average Bonchev–Trinajstić information content (AvgIpc) is 2.75. The zero-order valence-electron chi connectivity index (χ0n) is 13.2. The molecule has 3 rings (SSSR count). The molecule has 0 saturated heterocycles. The van der Waals surface area contributed by atoms with E-state index in [1.54, 1.807) is 15.9 Å². The van der Waals surface area contributed by atoms with Crippen LogP contribution in [0.25, 0.3) is 10.2 Å². The Balaban J connectivity index is 2.25. The van der Waals surface area contributed by atoms with Crippen LogP contribution in [0.3, 0.4) is 0 Å². The number of hydrogen-bond acceptors (Lipinski definition) is 4.